The Bertz CT molecular complexity index is 1190. The van der Waals surface area contributed by atoms with Gasteiger partial charge in [-0.25, -0.2) is 4.79 Å². The molecule has 0 atom stereocenters. The van der Waals surface area contributed by atoms with Gasteiger partial charge in [0, 0.05) is 11.1 Å². The minimum atomic E-state index is -0.662. The summed E-state index contributed by atoms with van der Waals surface area (Å²) in [6.45, 7) is 0. The van der Waals surface area contributed by atoms with E-state index in [0.717, 1.165) is 0 Å². The van der Waals surface area contributed by atoms with E-state index in [4.69, 9.17) is 30.5 Å². The van der Waals surface area contributed by atoms with Crippen LogP contribution >= 0.6 is 11.6 Å². The number of ether oxygens (including phenoxy) is 4. The van der Waals surface area contributed by atoms with E-state index in [2.05, 4.69) is 0 Å². The van der Waals surface area contributed by atoms with Crippen LogP contribution in [0.25, 0.3) is 6.08 Å². The summed E-state index contributed by atoms with van der Waals surface area (Å²) in [4.78, 5) is 25.4. The minimum absolute atomic E-state index is 0.137. The summed E-state index contributed by atoms with van der Waals surface area (Å²) >= 11 is 6.16. The standard InChI is InChI=1S/C24H17ClO6/c1-28-18-8-5-9-19(29-2)22(18)24(27)30-15-10-11-16-20(13-15)31-21(23(16)26)12-14-6-3-4-7-17(14)25/h3-13H,1-2H3/b21-12-. The van der Waals surface area contributed by atoms with Crippen molar-refractivity contribution >= 4 is 29.4 Å². The van der Waals surface area contributed by atoms with Crippen molar-refractivity contribution in [1.29, 1.82) is 0 Å². The fourth-order valence-electron chi connectivity index (χ4n) is 3.17. The lowest BCUT2D eigenvalue weighted by Crippen LogP contribution is -2.12. The quantitative estimate of drug-likeness (QED) is 0.311. The van der Waals surface area contributed by atoms with Crippen LogP contribution in [0.3, 0.4) is 0 Å². The number of hydrogen-bond acceptors (Lipinski definition) is 6. The highest BCUT2D eigenvalue weighted by atomic mass is 35.5. The topological polar surface area (TPSA) is 71.1 Å². The first-order valence-electron chi connectivity index (χ1n) is 9.28. The fourth-order valence-corrected chi connectivity index (χ4v) is 3.36. The molecule has 0 spiro atoms. The van der Waals surface area contributed by atoms with E-state index in [1.54, 1.807) is 48.5 Å². The minimum Gasteiger partial charge on any atom is -0.496 e. The summed E-state index contributed by atoms with van der Waals surface area (Å²) in [5, 5.41) is 0.503. The van der Waals surface area contributed by atoms with Gasteiger partial charge in [0.2, 0.25) is 5.78 Å². The van der Waals surface area contributed by atoms with Crippen molar-refractivity contribution in [2.45, 2.75) is 0 Å². The number of halogens is 1. The Morgan fingerprint density at radius 1 is 0.968 bits per heavy atom. The Labute approximate surface area is 183 Å². The molecule has 0 unspecified atom stereocenters. The van der Waals surface area contributed by atoms with Gasteiger partial charge in [-0.05, 0) is 42.0 Å². The third-order valence-electron chi connectivity index (χ3n) is 4.68. The molecular weight excluding hydrogens is 420 g/mol. The maximum atomic E-state index is 12.8. The molecule has 0 saturated heterocycles. The van der Waals surface area contributed by atoms with Crippen LogP contribution in [0.1, 0.15) is 26.3 Å². The molecule has 31 heavy (non-hydrogen) atoms. The molecule has 0 amide bonds. The molecule has 0 radical (unpaired) electrons. The number of allylic oxidation sites excluding steroid dienone is 1. The van der Waals surface area contributed by atoms with Gasteiger partial charge in [-0.15, -0.1) is 0 Å². The smallest absolute Gasteiger partial charge is 0.351 e. The Hall–Kier alpha value is -3.77. The third-order valence-corrected chi connectivity index (χ3v) is 5.02. The van der Waals surface area contributed by atoms with Gasteiger partial charge in [0.05, 0.1) is 19.8 Å². The van der Waals surface area contributed by atoms with Crippen LogP contribution in [0.15, 0.2) is 66.4 Å². The van der Waals surface area contributed by atoms with E-state index in [-0.39, 0.29) is 22.9 Å². The second-order valence-electron chi connectivity index (χ2n) is 6.55. The summed E-state index contributed by atoms with van der Waals surface area (Å²) in [5.74, 6) is 0.343. The van der Waals surface area contributed by atoms with Crippen molar-refractivity contribution in [2.75, 3.05) is 14.2 Å². The average molecular weight is 437 g/mol. The van der Waals surface area contributed by atoms with Crippen LogP contribution < -0.4 is 18.9 Å². The van der Waals surface area contributed by atoms with E-state index in [9.17, 15) is 9.59 Å². The Morgan fingerprint density at radius 2 is 1.68 bits per heavy atom. The van der Waals surface area contributed by atoms with E-state index in [1.807, 2.05) is 6.07 Å². The highest BCUT2D eigenvalue weighted by molar-refractivity contribution is 6.32. The van der Waals surface area contributed by atoms with E-state index in [0.29, 0.717) is 33.4 Å². The Kier molecular flexibility index (Phi) is 5.64. The van der Waals surface area contributed by atoms with Gasteiger partial charge in [-0.1, -0.05) is 35.9 Å². The molecule has 0 fully saturated rings. The fraction of sp³-hybridized carbons (Fsp3) is 0.0833. The zero-order valence-corrected chi connectivity index (χ0v) is 17.4. The molecule has 0 aromatic heterocycles. The second-order valence-corrected chi connectivity index (χ2v) is 6.95. The molecule has 4 rings (SSSR count). The van der Waals surface area contributed by atoms with Crippen molar-refractivity contribution in [3.63, 3.8) is 0 Å². The zero-order valence-electron chi connectivity index (χ0n) is 16.7. The van der Waals surface area contributed by atoms with Gasteiger partial charge in [0.1, 0.15) is 28.6 Å². The number of fused-ring (bicyclic) bond motifs is 1. The molecule has 0 aliphatic carbocycles. The molecule has 3 aromatic carbocycles. The summed E-state index contributed by atoms with van der Waals surface area (Å²) in [6, 6.07) is 16.7. The van der Waals surface area contributed by atoms with Crippen molar-refractivity contribution in [3.05, 3.63) is 88.1 Å². The number of ketones is 1. The van der Waals surface area contributed by atoms with Crippen LogP contribution in [0.5, 0.6) is 23.0 Å². The normalized spacial score (nSPS) is 13.5. The number of carbonyl (C=O) groups excluding carboxylic acids is 2. The monoisotopic (exact) mass is 436 g/mol. The van der Waals surface area contributed by atoms with E-state index in [1.165, 1.54) is 26.4 Å². The predicted molar refractivity (Wildman–Crippen MR) is 115 cm³/mol. The van der Waals surface area contributed by atoms with Gasteiger partial charge in [-0.3, -0.25) is 4.79 Å². The molecule has 6 nitrogen and oxygen atoms in total. The molecule has 0 saturated carbocycles. The summed E-state index contributed by atoms with van der Waals surface area (Å²) in [7, 11) is 2.90. The summed E-state index contributed by atoms with van der Waals surface area (Å²) in [6.07, 6.45) is 1.58. The van der Waals surface area contributed by atoms with Crippen molar-refractivity contribution in [3.8, 4) is 23.0 Å². The Morgan fingerprint density at radius 3 is 2.35 bits per heavy atom. The maximum Gasteiger partial charge on any atom is 0.351 e. The van der Waals surface area contributed by atoms with Crippen molar-refractivity contribution in [1.82, 2.24) is 0 Å². The number of benzene rings is 3. The highest BCUT2D eigenvalue weighted by Gasteiger charge is 2.29. The molecule has 1 aliphatic heterocycles. The lowest BCUT2D eigenvalue weighted by Gasteiger charge is -2.12. The number of methoxy groups -OCH3 is 2. The predicted octanol–water partition coefficient (Wildman–Crippen LogP) is 5.19. The van der Waals surface area contributed by atoms with E-state index >= 15 is 0 Å². The highest BCUT2D eigenvalue weighted by Crippen LogP contribution is 2.36. The summed E-state index contributed by atoms with van der Waals surface area (Å²) in [5.41, 5.74) is 1.19. The van der Waals surface area contributed by atoms with Crippen LogP contribution in [-0.4, -0.2) is 26.0 Å². The second kappa shape index (κ2) is 8.53. The number of carbonyl (C=O) groups is 2. The molecular formula is C24H17ClO6. The molecule has 1 aliphatic rings. The average Bonchev–Trinajstić information content (AvgIpc) is 3.09. The SMILES string of the molecule is COc1cccc(OC)c1C(=O)Oc1ccc2c(c1)O/C(=C\c1ccccc1Cl)C2=O. The number of esters is 1. The number of hydrogen-bond donors (Lipinski definition) is 0. The van der Waals surface area contributed by atoms with E-state index < -0.39 is 5.97 Å². The zero-order chi connectivity index (χ0) is 22.0. The maximum absolute atomic E-state index is 12.8. The lowest BCUT2D eigenvalue weighted by atomic mass is 10.1. The first kappa shape index (κ1) is 20.5. The number of rotatable bonds is 5. The van der Waals surface area contributed by atoms with Gasteiger partial charge in [0.15, 0.2) is 5.76 Å². The van der Waals surface area contributed by atoms with Gasteiger partial charge >= 0.3 is 5.97 Å². The first-order chi connectivity index (χ1) is 15.0. The molecule has 0 bridgehead atoms. The van der Waals surface area contributed by atoms with Gasteiger partial charge in [-0.2, -0.15) is 0 Å². The van der Waals surface area contributed by atoms with Crippen LogP contribution in [0.4, 0.5) is 0 Å². The third kappa shape index (κ3) is 3.98. The van der Waals surface area contributed by atoms with Gasteiger partial charge < -0.3 is 18.9 Å². The molecule has 1 heterocycles. The van der Waals surface area contributed by atoms with Crippen LogP contribution in [0.2, 0.25) is 5.02 Å². The largest absolute Gasteiger partial charge is 0.496 e. The van der Waals surface area contributed by atoms with Crippen molar-refractivity contribution in [2.24, 2.45) is 0 Å². The molecule has 7 heteroatoms. The molecule has 3 aromatic rings. The van der Waals surface area contributed by atoms with Crippen LogP contribution in [0, 0.1) is 0 Å². The Balaban J connectivity index is 1.60. The lowest BCUT2D eigenvalue weighted by molar-refractivity contribution is 0.0727. The molecule has 0 N–H and O–H groups in total. The first-order valence-corrected chi connectivity index (χ1v) is 9.65. The van der Waals surface area contributed by atoms with Gasteiger partial charge in [0.25, 0.3) is 0 Å². The molecule has 156 valence electrons. The summed E-state index contributed by atoms with van der Waals surface area (Å²) < 4.78 is 21.7. The van der Waals surface area contributed by atoms with Crippen molar-refractivity contribution < 1.29 is 28.5 Å². The van der Waals surface area contributed by atoms with Crippen LogP contribution in [-0.2, 0) is 0 Å². The number of Topliss-reactive ketones (excluding diaryl/α,β-unsaturated/α-hetero) is 1.